The molecule has 1 aromatic heterocycles. The molecule has 0 radical (unpaired) electrons. The number of amides is 4. The summed E-state index contributed by atoms with van der Waals surface area (Å²) in [6, 6.07) is 4.09. The monoisotopic (exact) mass is 205 g/mol. The predicted octanol–water partition coefficient (Wildman–Crippen LogP) is 0.0545. The van der Waals surface area contributed by atoms with Gasteiger partial charge in [0, 0.05) is 6.20 Å². The molecule has 1 aliphatic heterocycles. The van der Waals surface area contributed by atoms with E-state index >= 15 is 0 Å². The van der Waals surface area contributed by atoms with Gasteiger partial charge in [-0.3, -0.25) is 14.9 Å². The number of rotatable bonds is 1. The second kappa shape index (κ2) is 3.49. The van der Waals surface area contributed by atoms with E-state index in [2.05, 4.69) is 4.98 Å². The number of nitrogens with one attached hydrogen (secondary N) is 1. The number of pyridine rings is 1. The molecule has 6 nitrogen and oxygen atoms in total. The predicted molar refractivity (Wildman–Crippen MR) is 49.9 cm³/mol. The van der Waals surface area contributed by atoms with Crippen molar-refractivity contribution in [2.75, 3.05) is 4.90 Å². The van der Waals surface area contributed by atoms with Crippen LogP contribution >= 0.6 is 0 Å². The summed E-state index contributed by atoms with van der Waals surface area (Å²) >= 11 is 0. The minimum Gasteiger partial charge on any atom is -0.277 e. The number of hydrogen-bond donors (Lipinski definition) is 1. The lowest BCUT2D eigenvalue weighted by Gasteiger charge is -2.23. The van der Waals surface area contributed by atoms with Gasteiger partial charge >= 0.3 is 6.03 Å². The van der Waals surface area contributed by atoms with E-state index in [0.29, 0.717) is 0 Å². The van der Waals surface area contributed by atoms with Gasteiger partial charge in [0.1, 0.15) is 12.2 Å². The Morgan fingerprint density at radius 3 is 2.67 bits per heavy atom. The van der Waals surface area contributed by atoms with Gasteiger partial charge < -0.3 is 0 Å². The zero-order valence-electron chi connectivity index (χ0n) is 7.64. The normalized spacial score (nSPS) is 16.5. The number of nitrogens with zero attached hydrogens (tertiary/aromatic N) is 2. The molecule has 15 heavy (non-hydrogen) atoms. The van der Waals surface area contributed by atoms with E-state index < -0.39 is 17.8 Å². The average Bonchev–Trinajstić information content (AvgIpc) is 2.17. The molecular weight excluding hydrogens is 198 g/mol. The molecule has 0 aromatic carbocycles. The number of carbonyl (C=O) groups excluding carboxylic acids is 3. The Bertz CT molecular complexity index is 409. The lowest BCUT2D eigenvalue weighted by Crippen LogP contribution is -2.53. The van der Waals surface area contributed by atoms with Gasteiger partial charge in [0.25, 0.3) is 0 Å². The molecule has 0 bridgehead atoms. The van der Waals surface area contributed by atoms with Gasteiger partial charge in [-0.2, -0.15) is 0 Å². The zero-order chi connectivity index (χ0) is 10.8. The molecule has 2 heterocycles. The van der Waals surface area contributed by atoms with E-state index in [1.807, 2.05) is 5.32 Å². The SMILES string of the molecule is O=C1CC(=O)N(c2ccccn2)C(=O)N1. The van der Waals surface area contributed by atoms with Crippen molar-refractivity contribution < 1.29 is 14.4 Å². The number of barbiturate groups is 1. The van der Waals surface area contributed by atoms with Gasteiger partial charge in [0.05, 0.1) is 0 Å². The van der Waals surface area contributed by atoms with Crippen molar-refractivity contribution >= 4 is 23.7 Å². The maximum Gasteiger partial charge on any atom is 0.336 e. The summed E-state index contributed by atoms with van der Waals surface area (Å²) in [4.78, 5) is 38.3. The number of hydrogen-bond acceptors (Lipinski definition) is 4. The quantitative estimate of drug-likeness (QED) is 0.657. The van der Waals surface area contributed by atoms with Crippen LogP contribution in [0.2, 0.25) is 0 Å². The summed E-state index contributed by atoms with van der Waals surface area (Å²) in [6.45, 7) is 0. The van der Waals surface area contributed by atoms with E-state index in [0.717, 1.165) is 4.90 Å². The van der Waals surface area contributed by atoms with Gasteiger partial charge in [0.2, 0.25) is 11.8 Å². The molecule has 1 aromatic rings. The van der Waals surface area contributed by atoms with E-state index in [1.54, 1.807) is 12.1 Å². The highest BCUT2D eigenvalue weighted by atomic mass is 16.2. The summed E-state index contributed by atoms with van der Waals surface area (Å²) in [5, 5.41) is 2.05. The standard InChI is InChI=1S/C9H7N3O3/c13-7-5-8(14)12(9(15)11-7)6-3-1-2-4-10-6/h1-4H,5H2,(H,11,13,15). The molecule has 0 saturated carbocycles. The molecule has 6 heteroatoms. The maximum absolute atomic E-state index is 11.4. The summed E-state index contributed by atoms with van der Waals surface area (Å²) in [5.41, 5.74) is 0. The first-order valence-corrected chi connectivity index (χ1v) is 4.26. The molecular formula is C9H7N3O3. The van der Waals surface area contributed by atoms with Crippen LogP contribution in [-0.2, 0) is 9.59 Å². The van der Waals surface area contributed by atoms with Crippen molar-refractivity contribution in [3.63, 3.8) is 0 Å². The Kier molecular flexibility index (Phi) is 2.17. The molecule has 0 atom stereocenters. The zero-order valence-corrected chi connectivity index (χ0v) is 7.64. The molecule has 4 amide bonds. The van der Waals surface area contributed by atoms with Crippen LogP contribution in [-0.4, -0.2) is 22.8 Å². The second-order valence-electron chi connectivity index (χ2n) is 2.95. The van der Waals surface area contributed by atoms with E-state index in [1.165, 1.54) is 12.3 Å². The third kappa shape index (κ3) is 1.69. The number of carbonyl (C=O) groups is 3. The highest BCUT2D eigenvalue weighted by Gasteiger charge is 2.32. The van der Waals surface area contributed by atoms with Gasteiger partial charge in [-0.1, -0.05) is 6.07 Å². The first-order valence-electron chi connectivity index (χ1n) is 4.26. The lowest BCUT2D eigenvalue weighted by atomic mass is 10.3. The van der Waals surface area contributed by atoms with Crippen molar-refractivity contribution in [2.24, 2.45) is 0 Å². The number of urea groups is 1. The Labute approximate surface area is 84.9 Å². The van der Waals surface area contributed by atoms with Crippen molar-refractivity contribution in [2.45, 2.75) is 6.42 Å². The molecule has 1 saturated heterocycles. The molecule has 0 unspecified atom stereocenters. The Hall–Kier alpha value is -2.24. The minimum atomic E-state index is -0.755. The van der Waals surface area contributed by atoms with Crippen LogP contribution in [0.25, 0.3) is 0 Å². The van der Waals surface area contributed by atoms with Crippen molar-refractivity contribution in [1.82, 2.24) is 10.3 Å². The smallest absolute Gasteiger partial charge is 0.277 e. The minimum absolute atomic E-state index is 0.215. The van der Waals surface area contributed by atoms with Crippen LogP contribution in [0.4, 0.5) is 10.6 Å². The number of anilines is 1. The molecule has 1 aliphatic rings. The fraction of sp³-hybridized carbons (Fsp3) is 0.111. The molecule has 76 valence electrons. The lowest BCUT2D eigenvalue weighted by molar-refractivity contribution is -0.128. The topological polar surface area (TPSA) is 79.4 Å². The van der Waals surface area contributed by atoms with Crippen molar-refractivity contribution in [1.29, 1.82) is 0 Å². The molecule has 2 rings (SSSR count). The number of aromatic nitrogens is 1. The van der Waals surface area contributed by atoms with E-state index in [9.17, 15) is 14.4 Å². The Morgan fingerprint density at radius 1 is 1.27 bits per heavy atom. The van der Waals surface area contributed by atoms with Crippen LogP contribution in [0.15, 0.2) is 24.4 Å². The third-order valence-corrected chi connectivity index (χ3v) is 1.89. The highest BCUT2D eigenvalue weighted by molar-refractivity contribution is 6.25. The summed E-state index contributed by atoms with van der Waals surface area (Å²) in [5.74, 6) is -0.938. The fourth-order valence-corrected chi connectivity index (χ4v) is 1.27. The van der Waals surface area contributed by atoms with Gasteiger partial charge in [-0.25, -0.2) is 14.7 Å². The molecule has 1 N–H and O–H groups in total. The second-order valence-corrected chi connectivity index (χ2v) is 2.95. The fourth-order valence-electron chi connectivity index (χ4n) is 1.27. The van der Waals surface area contributed by atoms with Crippen LogP contribution in [0.5, 0.6) is 0 Å². The van der Waals surface area contributed by atoms with Crippen molar-refractivity contribution in [3.05, 3.63) is 24.4 Å². The first-order chi connectivity index (χ1) is 7.18. The van der Waals surface area contributed by atoms with Crippen molar-refractivity contribution in [3.8, 4) is 0 Å². The average molecular weight is 205 g/mol. The largest absolute Gasteiger partial charge is 0.336 e. The van der Waals surface area contributed by atoms with E-state index in [4.69, 9.17) is 0 Å². The van der Waals surface area contributed by atoms with Crippen LogP contribution in [0, 0.1) is 0 Å². The summed E-state index contributed by atoms with van der Waals surface area (Å²) in [7, 11) is 0. The Morgan fingerprint density at radius 2 is 2.07 bits per heavy atom. The van der Waals surface area contributed by atoms with Gasteiger partial charge in [0.15, 0.2) is 0 Å². The summed E-state index contributed by atoms with van der Waals surface area (Å²) < 4.78 is 0. The Balaban J connectivity index is 2.33. The van der Waals surface area contributed by atoms with Crippen LogP contribution in [0.3, 0.4) is 0 Å². The van der Waals surface area contributed by atoms with Crippen LogP contribution in [0.1, 0.15) is 6.42 Å². The highest BCUT2D eigenvalue weighted by Crippen LogP contribution is 2.13. The summed E-state index contributed by atoms with van der Waals surface area (Å²) in [6.07, 6.45) is 1.13. The molecule has 0 spiro atoms. The van der Waals surface area contributed by atoms with Gasteiger partial charge in [-0.05, 0) is 12.1 Å². The first kappa shape index (κ1) is 9.32. The molecule has 0 aliphatic carbocycles. The van der Waals surface area contributed by atoms with Crippen LogP contribution < -0.4 is 10.2 Å². The maximum atomic E-state index is 11.4. The van der Waals surface area contributed by atoms with E-state index in [-0.39, 0.29) is 12.2 Å². The number of imide groups is 2. The molecule has 1 fully saturated rings. The van der Waals surface area contributed by atoms with Gasteiger partial charge in [-0.15, -0.1) is 0 Å². The third-order valence-electron chi connectivity index (χ3n) is 1.89.